The maximum atomic E-state index is 6.43. The number of aromatic nitrogens is 2. The second-order valence-corrected chi connectivity index (χ2v) is 7.01. The topological polar surface area (TPSA) is 29.9 Å². The monoisotopic (exact) mass is 283 g/mol. The third-order valence-electron chi connectivity index (χ3n) is 5.19. The highest BCUT2D eigenvalue weighted by Gasteiger charge is 2.64. The van der Waals surface area contributed by atoms with E-state index in [-0.39, 0.29) is 0 Å². The van der Waals surface area contributed by atoms with E-state index in [4.69, 9.17) is 11.6 Å². The first-order valence-corrected chi connectivity index (χ1v) is 7.62. The molecular formula is C15H26ClN3. The predicted molar refractivity (Wildman–Crippen MR) is 80.5 cm³/mol. The van der Waals surface area contributed by atoms with Gasteiger partial charge in [0.25, 0.3) is 0 Å². The highest BCUT2D eigenvalue weighted by atomic mass is 35.5. The van der Waals surface area contributed by atoms with Crippen molar-refractivity contribution in [2.45, 2.75) is 67.1 Å². The van der Waals surface area contributed by atoms with Crippen LogP contribution in [0.4, 0.5) is 0 Å². The lowest BCUT2D eigenvalue weighted by molar-refractivity contribution is 0.457. The van der Waals surface area contributed by atoms with Crippen LogP contribution in [0.2, 0.25) is 5.02 Å². The molecule has 1 N–H and O–H groups in total. The van der Waals surface area contributed by atoms with E-state index in [2.05, 4.69) is 52.0 Å². The molecule has 0 aromatic carbocycles. The van der Waals surface area contributed by atoms with Crippen molar-refractivity contribution in [1.29, 1.82) is 0 Å². The van der Waals surface area contributed by atoms with E-state index in [0.717, 1.165) is 35.9 Å². The second kappa shape index (κ2) is 4.78. The first-order chi connectivity index (χ1) is 8.77. The second-order valence-electron chi connectivity index (χ2n) is 6.63. The first kappa shape index (κ1) is 14.9. The predicted octanol–water partition coefficient (Wildman–Crippen LogP) is 3.64. The third kappa shape index (κ3) is 2.21. The molecule has 0 saturated heterocycles. The molecule has 0 bridgehead atoms. The summed E-state index contributed by atoms with van der Waals surface area (Å²) in [5.41, 5.74) is 2.84. The Morgan fingerprint density at radius 2 is 1.79 bits per heavy atom. The van der Waals surface area contributed by atoms with Gasteiger partial charge in [0.2, 0.25) is 0 Å². The summed E-state index contributed by atoms with van der Waals surface area (Å²) in [4.78, 5) is 0. The maximum Gasteiger partial charge on any atom is 0.0863 e. The average molecular weight is 284 g/mol. The fraction of sp³-hybridized carbons (Fsp3) is 0.800. The highest BCUT2D eigenvalue weighted by molar-refractivity contribution is 6.31. The van der Waals surface area contributed by atoms with Crippen molar-refractivity contribution in [3.05, 3.63) is 16.4 Å². The minimum absolute atomic E-state index is 0.351. The van der Waals surface area contributed by atoms with Crippen LogP contribution in [0.5, 0.6) is 0 Å². The Morgan fingerprint density at radius 3 is 2.21 bits per heavy atom. The van der Waals surface area contributed by atoms with Gasteiger partial charge in [0.15, 0.2) is 0 Å². The van der Waals surface area contributed by atoms with Crippen LogP contribution in [0, 0.1) is 10.8 Å². The maximum absolute atomic E-state index is 6.43. The fourth-order valence-electron chi connectivity index (χ4n) is 3.09. The summed E-state index contributed by atoms with van der Waals surface area (Å²) in [6.45, 7) is 15.2. The van der Waals surface area contributed by atoms with Gasteiger partial charge >= 0.3 is 0 Å². The van der Waals surface area contributed by atoms with Gasteiger partial charge in [-0.1, -0.05) is 46.2 Å². The van der Waals surface area contributed by atoms with Gasteiger partial charge in [-0.15, -0.1) is 0 Å². The number of hydrogen-bond donors (Lipinski definition) is 1. The Hall–Kier alpha value is -0.540. The summed E-state index contributed by atoms with van der Waals surface area (Å²) >= 11 is 6.43. The molecule has 0 radical (unpaired) electrons. The summed E-state index contributed by atoms with van der Waals surface area (Å²) in [5.74, 6) is 0. The number of nitrogens with one attached hydrogen (secondary N) is 1. The summed E-state index contributed by atoms with van der Waals surface area (Å²) in [7, 11) is 0. The largest absolute Gasteiger partial charge is 0.307 e. The molecule has 1 aromatic rings. The minimum Gasteiger partial charge on any atom is -0.307 e. The first-order valence-electron chi connectivity index (χ1n) is 7.24. The van der Waals surface area contributed by atoms with E-state index in [1.54, 1.807) is 0 Å². The van der Waals surface area contributed by atoms with Gasteiger partial charge < -0.3 is 5.32 Å². The summed E-state index contributed by atoms with van der Waals surface area (Å²) in [6, 6.07) is 0.543. The minimum atomic E-state index is 0.351. The molecule has 1 fully saturated rings. The molecule has 2 rings (SSSR count). The molecule has 1 aliphatic carbocycles. The van der Waals surface area contributed by atoms with Gasteiger partial charge in [-0.3, -0.25) is 4.68 Å². The zero-order chi connectivity index (χ0) is 14.4. The lowest BCUT2D eigenvalue weighted by atomic mass is 10.0. The van der Waals surface area contributed by atoms with Crippen molar-refractivity contribution in [3.63, 3.8) is 0 Å². The Labute approximate surface area is 121 Å². The Morgan fingerprint density at radius 1 is 1.21 bits per heavy atom. The number of halogens is 1. The molecule has 0 aliphatic heterocycles. The molecule has 0 spiro atoms. The number of aryl methyl sites for hydroxylation is 2. The van der Waals surface area contributed by atoms with Crippen LogP contribution >= 0.6 is 11.6 Å². The van der Waals surface area contributed by atoms with Crippen LogP contribution in [0.3, 0.4) is 0 Å². The van der Waals surface area contributed by atoms with Crippen molar-refractivity contribution >= 4 is 11.6 Å². The lowest BCUT2D eigenvalue weighted by Gasteiger charge is -2.09. The van der Waals surface area contributed by atoms with Gasteiger partial charge in [0.1, 0.15) is 0 Å². The zero-order valence-corrected chi connectivity index (χ0v) is 13.7. The molecule has 1 aromatic heterocycles. The van der Waals surface area contributed by atoms with E-state index in [0.29, 0.717) is 16.9 Å². The molecule has 19 heavy (non-hydrogen) atoms. The van der Waals surface area contributed by atoms with E-state index in [1.165, 1.54) is 0 Å². The van der Waals surface area contributed by atoms with E-state index < -0.39 is 0 Å². The van der Waals surface area contributed by atoms with Crippen LogP contribution < -0.4 is 5.32 Å². The number of nitrogens with zero attached hydrogens (tertiary/aromatic N) is 2. The van der Waals surface area contributed by atoms with Gasteiger partial charge in [0.05, 0.1) is 16.4 Å². The Bertz CT molecular complexity index is 460. The average Bonchev–Trinajstić information content (AvgIpc) is 2.62. The zero-order valence-electron chi connectivity index (χ0n) is 13.0. The molecule has 3 nitrogen and oxygen atoms in total. The molecule has 0 atom stereocenters. The van der Waals surface area contributed by atoms with Crippen LogP contribution in [0.1, 0.15) is 52.9 Å². The van der Waals surface area contributed by atoms with E-state index in [1.807, 2.05) is 4.68 Å². The number of rotatable bonds is 5. The quantitative estimate of drug-likeness (QED) is 0.894. The van der Waals surface area contributed by atoms with Gasteiger partial charge in [-0.25, -0.2) is 0 Å². The fourth-order valence-corrected chi connectivity index (χ4v) is 3.43. The van der Waals surface area contributed by atoms with Crippen molar-refractivity contribution in [1.82, 2.24) is 15.1 Å². The molecule has 1 saturated carbocycles. The molecule has 1 heterocycles. The van der Waals surface area contributed by atoms with E-state index in [9.17, 15) is 0 Å². The molecule has 1 aliphatic rings. The van der Waals surface area contributed by atoms with Crippen LogP contribution in [-0.2, 0) is 19.5 Å². The summed E-state index contributed by atoms with van der Waals surface area (Å²) in [6.07, 6.45) is 0.888. The van der Waals surface area contributed by atoms with Gasteiger partial charge in [-0.05, 0) is 24.2 Å². The Kier molecular flexibility index (Phi) is 3.74. The van der Waals surface area contributed by atoms with Crippen molar-refractivity contribution in [3.8, 4) is 0 Å². The van der Waals surface area contributed by atoms with Crippen molar-refractivity contribution in [2.24, 2.45) is 10.8 Å². The highest BCUT2D eigenvalue weighted by Crippen LogP contribution is 2.62. The van der Waals surface area contributed by atoms with Crippen LogP contribution in [-0.4, -0.2) is 15.8 Å². The molecular weight excluding hydrogens is 258 g/mol. The molecule has 0 amide bonds. The Balaban J connectivity index is 2.11. The van der Waals surface area contributed by atoms with Crippen molar-refractivity contribution < 1.29 is 0 Å². The van der Waals surface area contributed by atoms with E-state index >= 15 is 0 Å². The smallest absolute Gasteiger partial charge is 0.0863 e. The van der Waals surface area contributed by atoms with Crippen LogP contribution in [0.15, 0.2) is 0 Å². The summed E-state index contributed by atoms with van der Waals surface area (Å²) < 4.78 is 2.02. The SMILES string of the molecule is CCc1nn(CC)c(CNC2C(C)(C)C2(C)C)c1Cl. The molecule has 4 heteroatoms. The molecule has 108 valence electrons. The lowest BCUT2D eigenvalue weighted by Crippen LogP contribution is -2.23. The van der Waals surface area contributed by atoms with Crippen LogP contribution in [0.25, 0.3) is 0 Å². The number of hydrogen-bond acceptors (Lipinski definition) is 2. The third-order valence-corrected chi connectivity index (χ3v) is 5.62. The summed E-state index contributed by atoms with van der Waals surface area (Å²) in [5, 5.41) is 9.06. The molecule has 0 unspecified atom stereocenters. The van der Waals surface area contributed by atoms with Crippen molar-refractivity contribution in [2.75, 3.05) is 0 Å². The van der Waals surface area contributed by atoms with Gasteiger partial charge in [-0.2, -0.15) is 5.10 Å². The normalized spacial score (nSPS) is 20.8. The van der Waals surface area contributed by atoms with Gasteiger partial charge in [0, 0.05) is 19.1 Å². The standard InChI is InChI=1S/C15H26ClN3/c1-7-10-12(16)11(19(8-2)18-10)9-17-13-14(3,4)15(13,5)6/h13,17H,7-9H2,1-6H3.